The third-order valence-electron chi connectivity index (χ3n) is 3.73. The van der Waals surface area contributed by atoms with Crippen molar-refractivity contribution in [1.82, 2.24) is 10.2 Å². The average molecular weight is 317 g/mol. The lowest BCUT2D eigenvalue weighted by Crippen LogP contribution is -2.34. The molecule has 1 N–H and O–H groups in total. The highest BCUT2D eigenvalue weighted by Crippen LogP contribution is 2.30. The van der Waals surface area contributed by atoms with E-state index in [1.54, 1.807) is 0 Å². The van der Waals surface area contributed by atoms with Gasteiger partial charge in [-0.25, -0.2) is 0 Å². The summed E-state index contributed by atoms with van der Waals surface area (Å²) >= 11 is 5.39. The molecule has 1 saturated heterocycles. The van der Waals surface area contributed by atoms with Gasteiger partial charge in [0.25, 0.3) is 0 Å². The molecule has 0 aromatic carbocycles. The molecule has 96 valence electrons. The first kappa shape index (κ1) is 13.5. The van der Waals surface area contributed by atoms with E-state index in [0.29, 0.717) is 6.04 Å². The number of thiophene rings is 1. The topological polar surface area (TPSA) is 15.3 Å². The number of nitrogens with zero attached hydrogens (tertiary/aromatic N) is 1. The first-order valence-electron chi connectivity index (χ1n) is 6.35. The Morgan fingerprint density at radius 1 is 1.47 bits per heavy atom. The monoisotopic (exact) mass is 316 g/mol. The highest BCUT2D eigenvalue weighted by Gasteiger charge is 2.22. The maximum atomic E-state index is 3.54. The number of halogens is 1. The molecule has 4 heteroatoms. The summed E-state index contributed by atoms with van der Waals surface area (Å²) in [7, 11) is 2.27. The van der Waals surface area contributed by atoms with Crippen molar-refractivity contribution in [2.45, 2.75) is 38.3 Å². The minimum atomic E-state index is 0.523. The SMILES string of the molecule is CC(c1cc(Br)cs1)N(C)C1CCCNCC1. The van der Waals surface area contributed by atoms with Gasteiger partial charge in [0, 0.05) is 26.8 Å². The smallest absolute Gasteiger partial charge is 0.0413 e. The van der Waals surface area contributed by atoms with Crippen LogP contribution in [0.3, 0.4) is 0 Å². The Labute approximate surface area is 117 Å². The second-order valence-corrected chi connectivity index (χ2v) is 6.70. The fraction of sp³-hybridized carbons (Fsp3) is 0.692. The van der Waals surface area contributed by atoms with E-state index in [0.717, 1.165) is 12.6 Å². The minimum absolute atomic E-state index is 0.523. The molecular formula is C13H21BrN2S. The number of nitrogens with one attached hydrogen (secondary N) is 1. The third-order valence-corrected chi connectivity index (χ3v) is 5.60. The summed E-state index contributed by atoms with van der Waals surface area (Å²) in [5.74, 6) is 0. The summed E-state index contributed by atoms with van der Waals surface area (Å²) in [6.45, 7) is 4.66. The van der Waals surface area contributed by atoms with E-state index in [2.05, 4.69) is 51.6 Å². The number of hydrogen-bond donors (Lipinski definition) is 1. The second-order valence-electron chi connectivity index (χ2n) is 4.84. The van der Waals surface area contributed by atoms with Gasteiger partial charge in [-0.3, -0.25) is 4.90 Å². The predicted octanol–water partition coefficient (Wildman–Crippen LogP) is 3.65. The zero-order valence-electron chi connectivity index (χ0n) is 10.6. The van der Waals surface area contributed by atoms with Crippen molar-refractivity contribution in [3.63, 3.8) is 0 Å². The van der Waals surface area contributed by atoms with Crippen LogP contribution in [0.15, 0.2) is 15.9 Å². The molecule has 0 saturated carbocycles. The third kappa shape index (κ3) is 3.53. The van der Waals surface area contributed by atoms with Gasteiger partial charge in [0.2, 0.25) is 0 Å². The highest BCUT2D eigenvalue weighted by atomic mass is 79.9. The van der Waals surface area contributed by atoms with Crippen LogP contribution in [0.4, 0.5) is 0 Å². The molecule has 0 spiro atoms. The molecule has 0 amide bonds. The van der Waals surface area contributed by atoms with Crippen LogP contribution in [0.5, 0.6) is 0 Å². The average Bonchev–Trinajstić information content (AvgIpc) is 2.60. The van der Waals surface area contributed by atoms with Gasteiger partial charge in [-0.2, -0.15) is 0 Å². The zero-order valence-corrected chi connectivity index (χ0v) is 13.0. The largest absolute Gasteiger partial charge is 0.317 e. The van der Waals surface area contributed by atoms with Crippen molar-refractivity contribution in [3.8, 4) is 0 Å². The van der Waals surface area contributed by atoms with Crippen molar-refractivity contribution < 1.29 is 0 Å². The van der Waals surface area contributed by atoms with Gasteiger partial charge in [0.05, 0.1) is 0 Å². The van der Waals surface area contributed by atoms with Gasteiger partial charge in [-0.05, 0) is 68.3 Å². The van der Waals surface area contributed by atoms with Crippen molar-refractivity contribution in [2.75, 3.05) is 20.1 Å². The fourth-order valence-electron chi connectivity index (χ4n) is 2.47. The molecule has 17 heavy (non-hydrogen) atoms. The normalized spacial score (nSPS) is 23.6. The van der Waals surface area contributed by atoms with Crippen LogP contribution in [0.25, 0.3) is 0 Å². The van der Waals surface area contributed by atoms with E-state index in [1.165, 1.54) is 35.2 Å². The van der Waals surface area contributed by atoms with Gasteiger partial charge in [-0.1, -0.05) is 0 Å². The van der Waals surface area contributed by atoms with Crippen LogP contribution in [-0.2, 0) is 0 Å². The lowest BCUT2D eigenvalue weighted by atomic mass is 10.1. The molecular weight excluding hydrogens is 296 g/mol. The summed E-state index contributed by atoms with van der Waals surface area (Å²) in [4.78, 5) is 4.00. The number of rotatable bonds is 3. The lowest BCUT2D eigenvalue weighted by molar-refractivity contribution is 0.173. The van der Waals surface area contributed by atoms with E-state index < -0.39 is 0 Å². The Kier molecular flexibility index (Phi) is 5.03. The summed E-state index contributed by atoms with van der Waals surface area (Å²) < 4.78 is 1.21. The molecule has 2 atom stereocenters. The molecule has 0 bridgehead atoms. The highest BCUT2D eigenvalue weighted by molar-refractivity contribution is 9.10. The summed E-state index contributed by atoms with van der Waals surface area (Å²) in [6, 6.07) is 3.50. The fourth-order valence-corrected chi connectivity index (χ4v) is 4.03. The van der Waals surface area contributed by atoms with Crippen LogP contribution in [0.1, 0.15) is 37.1 Å². The van der Waals surface area contributed by atoms with Crippen LogP contribution >= 0.6 is 27.3 Å². The van der Waals surface area contributed by atoms with E-state index in [4.69, 9.17) is 0 Å². The first-order chi connectivity index (χ1) is 8.18. The number of hydrogen-bond acceptors (Lipinski definition) is 3. The Hall–Kier alpha value is 0.1000. The predicted molar refractivity (Wildman–Crippen MR) is 78.7 cm³/mol. The maximum Gasteiger partial charge on any atom is 0.0413 e. The molecule has 0 radical (unpaired) electrons. The molecule has 1 aromatic rings. The Bertz CT molecular complexity index is 345. The summed E-state index contributed by atoms with van der Waals surface area (Å²) in [5.41, 5.74) is 0. The van der Waals surface area contributed by atoms with E-state index in [9.17, 15) is 0 Å². The zero-order chi connectivity index (χ0) is 12.3. The van der Waals surface area contributed by atoms with Crippen LogP contribution in [-0.4, -0.2) is 31.1 Å². The molecule has 1 fully saturated rings. The molecule has 1 aliphatic heterocycles. The quantitative estimate of drug-likeness (QED) is 0.915. The van der Waals surface area contributed by atoms with E-state index in [1.807, 2.05) is 11.3 Å². The Morgan fingerprint density at radius 3 is 3.00 bits per heavy atom. The molecule has 2 heterocycles. The van der Waals surface area contributed by atoms with Crippen molar-refractivity contribution >= 4 is 27.3 Å². The molecule has 1 aliphatic rings. The Balaban J connectivity index is 2.00. The van der Waals surface area contributed by atoms with Crippen LogP contribution in [0.2, 0.25) is 0 Å². The molecule has 0 aliphatic carbocycles. The van der Waals surface area contributed by atoms with Crippen molar-refractivity contribution in [1.29, 1.82) is 0 Å². The van der Waals surface area contributed by atoms with Gasteiger partial charge in [0.15, 0.2) is 0 Å². The molecule has 2 nitrogen and oxygen atoms in total. The Morgan fingerprint density at radius 2 is 2.29 bits per heavy atom. The summed E-state index contributed by atoms with van der Waals surface area (Å²) in [6.07, 6.45) is 3.89. The molecule has 2 unspecified atom stereocenters. The van der Waals surface area contributed by atoms with E-state index in [-0.39, 0.29) is 0 Å². The van der Waals surface area contributed by atoms with Crippen molar-refractivity contribution in [2.24, 2.45) is 0 Å². The van der Waals surface area contributed by atoms with Gasteiger partial charge >= 0.3 is 0 Å². The van der Waals surface area contributed by atoms with Gasteiger partial charge in [-0.15, -0.1) is 11.3 Å². The second kappa shape index (κ2) is 6.32. The van der Waals surface area contributed by atoms with Gasteiger partial charge < -0.3 is 5.32 Å². The van der Waals surface area contributed by atoms with Crippen LogP contribution < -0.4 is 5.32 Å². The summed E-state index contributed by atoms with van der Waals surface area (Å²) in [5, 5.41) is 5.66. The van der Waals surface area contributed by atoms with Crippen molar-refractivity contribution in [3.05, 3.63) is 20.8 Å². The maximum absolute atomic E-state index is 3.54. The van der Waals surface area contributed by atoms with E-state index >= 15 is 0 Å². The lowest BCUT2D eigenvalue weighted by Gasteiger charge is -2.32. The standard InChI is InChI=1S/C13H21BrN2S/c1-10(13-8-11(14)9-17-13)16(2)12-4-3-6-15-7-5-12/h8-10,12,15H,3-7H2,1-2H3. The van der Waals surface area contributed by atoms with Gasteiger partial charge in [0.1, 0.15) is 0 Å². The molecule has 2 rings (SSSR count). The minimum Gasteiger partial charge on any atom is -0.317 e. The first-order valence-corrected chi connectivity index (χ1v) is 8.02. The van der Waals surface area contributed by atoms with Crippen LogP contribution in [0, 0.1) is 0 Å². The molecule has 1 aromatic heterocycles.